The molecule has 1 saturated heterocycles. The molecule has 1 N–H and O–H groups in total. The van der Waals surface area contributed by atoms with Crippen LogP contribution in [0.25, 0.3) is 10.9 Å². The molecule has 0 amide bonds. The third-order valence-corrected chi connectivity index (χ3v) is 4.86. The zero-order valence-electron chi connectivity index (χ0n) is 16.6. The van der Waals surface area contributed by atoms with E-state index in [9.17, 15) is 4.79 Å². The summed E-state index contributed by atoms with van der Waals surface area (Å²) >= 11 is 0. The van der Waals surface area contributed by atoms with Gasteiger partial charge < -0.3 is 15.0 Å². The number of rotatable bonds is 5. The molecule has 0 radical (unpaired) electrons. The summed E-state index contributed by atoms with van der Waals surface area (Å²) in [6.07, 6.45) is 3.43. The smallest absolute Gasteiger partial charge is 0.309 e. The second kappa shape index (κ2) is 11.2. The number of nitrogens with one attached hydrogen (secondary N) is 1. The zero-order valence-corrected chi connectivity index (χ0v) is 18.9. The van der Waals surface area contributed by atoms with Crippen LogP contribution in [0, 0.1) is 5.92 Å². The van der Waals surface area contributed by atoms with Crippen LogP contribution in [0.4, 0.5) is 0 Å². The Hall–Kier alpha value is -1.90. The number of halogens is 1. The van der Waals surface area contributed by atoms with Gasteiger partial charge >= 0.3 is 5.97 Å². The van der Waals surface area contributed by atoms with Crippen LogP contribution in [0.3, 0.4) is 0 Å². The number of hydrogen-bond donors (Lipinski definition) is 1. The van der Waals surface area contributed by atoms with Crippen molar-refractivity contribution in [1.29, 1.82) is 0 Å². The Labute approximate surface area is 183 Å². The molecule has 0 unspecified atom stereocenters. The SMILES string of the molecule is CCNC(=NCc1cccc2cccnc12)N1CCC(C(=O)OCC)CC1.I. The Bertz CT molecular complexity index is 799. The highest BCUT2D eigenvalue weighted by atomic mass is 127. The highest BCUT2D eigenvalue weighted by molar-refractivity contribution is 14.0. The molecule has 0 aliphatic carbocycles. The lowest BCUT2D eigenvalue weighted by atomic mass is 9.97. The predicted molar refractivity (Wildman–Crippen MR) is 123 cm³/mol. The molecule has 2 aromatic rings. The number of hydrogen-bond acceptors (Lipinski definition) is 4. The molecule has 1 aromatic heterocycles. The van der Waals surface area contributed by atoms with Gasteiger partial charge in [0.1, 0.15) is 0 Å². The van der Waals surface area contributed by atoms with Gasteiger partial charge in [-0.05, 0) is 38.3 Å². The summed E-state index contributed by atoms with van der Waals surface area (Å²) in [7, 11) is 0. The van der Waals surface area contributed by atoms with E-state index in [0.717, 1.165) is 54.9 Å². The molecule has 0 atom stereocenters. The van der Waals surface area contributed by atoms with Crippen LogP contribution in [0.2, 0.25) is 0 Å². The highest BCUT2D eigenvalue weighted by Crippen LogP contribution is 2.20. The largest absolute Gasteiger partial charge is 0.466 e. The van der Waals surface area contributed by atoms with Crippen LogP contribution in [-0.2, 0) is 16.1 Å². The standard InChI is InChI=1S/C21H28N4O2.HI/c1-3-22-21(25-13-10-17(11-14-25)20(26)27-4-2)24-15-18-8-5-7-16-9-6-12-23-19(16)18;/h5-9,12,17H,3-4,10-11,13-15H2,1-2H3,(H,22,24);1H. The number of esters is 1. The van der Waals surface area contributed by atoms with Crippen LogP contribution < -0.4 is 5.32 Å². The van der Waals surface area contributed by atoms with E-state index >= 15 is 0 Å². The number of likely N-dealkylation sites (tertiary alicyclic amines) is 1. The first-order valence-corrected chi connectivity index (χ1v) is 9.75. The molecule has 0 spiro atoms. The van der Waals surface area contributed by atoms with Crippen LogP contribution >= 0.6 is 24.0 Å². The summed E-state index contributed by atoms with van der Waals surface area (Å²) < 4.78 is 5.16. The van der Waals surface area contributed by atoms with Crippen molar-refractivity contribution >= 4 is 46.8 Å². The monoisotopic (exact) mass is 496 g/mol. The number of guanidine groups is 1. The van der Waals surface area contributed by atoms with Gasteiger partial charge in [0, 0.05) is 31.2 Å². The van der Waals surface area contributed by atoms with E-state index in [1.54, 1.807) is 0 Å². The van der Waals surface area contributed by atoms with Crippen molar-refractivity contribution in [2.45, 2.75) is 33.2 Å². The Kier molecular flexibility index (Phi) is 8.95. The van der Waals surface area contributed by atoms with Gasteiger partial charge in [0.05, 0.1) is 24.6 Å². The molecule has 0 saturated carbocycles. The molecule has 0 bridgehead atoms. The molecule has 1 aliphatic heterocycles. The fraction of sp³-hybridized carbons (Fsp3) is 0.476. The molecule has 1 aliphatic rings. The molecule has 6 nitrogen and oxygen atoms in total. The van der Waals surface area contributed by atoms with Gasteiger partial charge in [-0.15, -0.1) is 24.0 Å². The normalized spacial score (nSPS) is 15.2. The van der Waals surface area contributed by atoms with Crippen molar-refractivity contribution in [2.75, 3.05) is 26.2 Å². The van der Waals surface area contributed by atoms with Crippen molar-refractivity contribution in [3.8, 4) is 0 Å². The first kappa shape index (κ1) is 22.4. The molecule has 152 valence electrons. The lowest BCUT2D eigenvalue weighted by Crippen LogP contribution is -2.46. The maximum atomic E-state index is 11.9. The Morgan fingerprint density at radius 1 is 1.25 bits per heavy atom. The highest BCUT2D eigenvalue weighted by Gasteiger charge is 2.27. The molecule has 1 fully saturated rings. The number of para-hydroxylation sites is 1. The molecule has 7 heteroatoms. The van der Waals surface area contributed by atoms with E-state index in [1.165, 1.54) is 0 Å². The minimum atomic E-state index is -0.0686. The topological polar surface area (TPSA) is 66.8 Å². The van der Waals surface area contributed by atoms with Crippen molar-refractivity contribution < 1.29 is 9.53 Å². The second-order valence-corrected chi connectivity index (χ2v) is 6.68. The van der Waals surface area contributed by atoms with Crippen molar-refractivity contribution in [2.24, 2.45) is 10.9 Å². The number of aliphatic imine (C=N–C) groups is 1. The molecule has 2 heterocycles. The average molecular weight is 496 g/mol. The van der Waals surface area contributed by atoms with E-state index in [4.69, 9.17) is 9.73 Å². The first-order valence-electron chi connectivity index (χ1n) is 9.75. The Morgan fingerprint density at radius 3 is 2.71 bits per heavy atom. The Morgan fingerprint density at radius 2 is 2.00 bits per heavy atom. The maximum absolute atomic E-state index is 11.9. The number of ether oxygens (including phenoxy) is 1. The van der Waals surface area contributed by atoms with Gasteiger partial charge in [0.15, 0.2) is 5.96 Å². The quantitative estimate of drug-likeness (QED) is 0.297. The summed E-state index contributed by atoms with van der Waals surface area (Å²) in [6.45, 7) is 7.37. The van der Waals surface area contributed by atoms with Crippen LogP contribution in [0.1, 0.15) is 32.3 Å². The van der Waals surface area contributed by atoms with Gasteiger partial charge in [-0.25, -0.2) is 4.99 Å². The van der Waals surface area contributed by atoms with E-state index in [2.05, 4.69) is 40.3 Å². The van der Waals surface area contributed by atoms with Crippen LogP contribution in [0.15, 0.2) is 41.5 Å². The van der Waals surface area contributed by atoms with Gasteiger partial charge in [0.2, 0.25) is 0 Å². The Balaban J connectivity index is 0.00000280. The first-order chi connectivity index (χ1) is 13.2. The summed E-state index contributed by atoms with van der Waals surface area (Å²) in [5.41, 5.74) is 2.12. The third kappa shape index (κ3) is 5.56. The minimum absolute atomic E-state index is 0. The number of piperidine rings is 1. The maximum Gasteiger partial charge on any atom is 0.309 e. The van der Waals surface area contributed by atoms with Crippen molar-refractivity contribution in [3.63, 3.8) is 0 Å². The van der Waals surface area contributed by atoms with E-state index < -0.39 is 0 Å². The second-order valence-electron chi connectivity index (χ2n) is 6.68. The molecular weight excluding hydrogens is 467 g/mol. The van der Waals surface area contributed by atoms with Gasteiger partial charge in [-0.1, -0.05) is 24.3 Å². The zero-order chi connectivity index (χ0) is 19.1. The molecule has 28 heavy (non-hydrogen) atoms. The van der Waals surface area contributed by atoms with E-state index in [-0.39, 0.29) is 35.9 Å². The summed E-state index contributed by atoms with van der Waals surface area (Å²) in [5.74, 6) is 0.833. The minimum Gasteiger partial charge on any atom is -0.466 e. The summed E-state index contributed by atoms with van der Waals surface area (Å²) in [4.78, 5) is 23.5. The fourth-order valence-corrected chi connectivity index (χ4v) is 3.47. The molecule has 1 aromatic carbocycles. The van der Waals surface area contributed by atoms with Gasteiger partial charge in [-0.2, -0.15) is 0 Å². The number of fused-ring (bicyclic) bond motifs is 1. The van der Waals surface area contributed by atoms with Gasteiger partial charge in [-0.3, -0.25) is 9.78 Å². The number of pyridine rings is 1. The van der Waals surface area contributed by atoms with Crippen LogP contribution in [0.5, 0.6) is 0 Å². The third-order valence-electron chi connectivity index (χ3n) is 4.86. The summed E-state index contributed by atoms with van der Waals surface area (Å²) in [5, 5.41) is 4.51. The van der Waals surface area contributed by atoms with Crippen molar-refractivity contribution in [3.05, 3.63) is 42.1 Å². The van der Waals surface area contributed by atoms with E-state index in [0.29, 0.717) is 13.2 Å². The molecule has 3 rings (SSSR count). The van der Waals surface area contributed by atoms with Gasteiger partial charge in [0.25, 0.3) is 0 Å². The van der Waals surface area contributed by atoms with Crippen molar-refractivity contribution in [1.82, 2.24) is 15.2 Å². The lowest BCUT2D eigenvalue weighted by molar-refractivity contribution is -0.149. The lowest BCUT2D eigenvalue weighted by Gasteiger charge is -2.33. The predicted octanol–water partition coefficient (Wildman–Crippen LogP) is 3.59. The number of aromatic nitrogens is 1. The average Bonchev–Trinajstić information content (AvgIpc) is 2.71. The molecular formula is C21H29IN4O2. The van der Waals surface area contributed by atoms with E-state index in [1.807, 2.05) is 25.3 Å². The number of carbonyl (C=O) groups is 1. The van der Waals surface area contributed by atoms with Crippen LogP contribution in [-0.4, -0.2) is 48.1 Å². The summed E-state index contributed by atoms with van der Waals surface area (Å²) in [6, 6.07) is 10.2. The number of nitrogens with zero attached hydrogens (tertiary/aromatic N) is 3. The fourth-order valence-electron chi connectivity index (χ4n) is 3.47. The number of carbonyl (C=O) groups excluding carboxylic acids is 1. The number of benzene rings is 1.